The maximum absolute atomic E-state index is 12.1. The van der Waals surface area contributed by atoms with Crippen LogP contribution in [0, 0.1) is 6.92 Å². The van der Waals surface area contributed by atoms with Gasteiger partial charge in [-0.05, 0) is 13.3 Å². The van der Waals surface area contributed by atoms with Crippen LogP contribution in [-0.2, 0) is 11.2 Å². The van der Waals surface area contributed by atoms with Crippen LogP contribution in [-0.4, -0.2) is 11.1 Å². The molecule has 0 saturated heterocycles. The highest BCUT2D eigenvalue weighted by atomic mass is 16.6. The van der Waals surface area contributed by atoms with Crippen molar-refractivity contribution in [3.63, 3.8) is 0 Å². The van der Waals surface area contributed by atoms with Crippen molar-refractivity contribution >= 4 is 5.97 Å². The van der Waals surface area contributed by atoms with Gasteiger partial charge in [-0.1, -0.05) is 142 Å². The van der Waals surface area contributed by atoms with Crippen molar-refractivity contribution in [1.82, 2.24) is 0 Å². The quantitative estimate of drug-likeness (QED) is 0.115. The van der Waals surface area contributed by atoms with Crippen molar-refractivity contribution in [2.75, 3.05) is 0 Å². The van der Waals surface area contributed by atoms with Crippen LogP contribution in [0.2, 0.25) is 0 Å². The van der Waals surface area contributed by atoms with E-state index in [-0.39, 0.29) is 17.5 Å². The highest BCUT2D eigenvalue weighted by Gasteiger charge is 2.20. The molecule has 0 fully saturated rings. The minimum Gasteiger partial charge on any atom is -0.502 e. The van der Waals surface area contributed by atoms with E-state index < -0.39 is 0 Å². The first kappa shape index (κ1) is 31.6. The van der Waals surface area contributed by atoms with Crippen LogP contribution in [0.5, 0.6) is 11.5 Å². The zero-order chi connectivity index (χ0) is 25.6. The number of hydrogen-bond acceptors (Lipinski definition) is 4. The van der Waals surface area contributed by atoms with Gasteiger partial charge in [-0.2, -0.15) is 0 Å². The highest BCUT2D eigenvalue weighted by Crippen LogP contribution is 2.37. The average Bonchev–Trinajstić information content (AvgIpc) is 3.12. The van der Waals surface area contributed by atoms with Crippen LogP contribution in [0.15, 0.2) is 4.42 Å². The van der Waals surface area contributed by atoms with Crippen LogP contribution < -0.4 is 4.74 Å². The van der Waals surface area contributed by atoms with E-state index in [1.807, 2.05) is 6.92 Å². The van der Waals surface area contributed by atoms with Crippen molar-refractivity contribution in [2.45, 2.75) is 168 Å². The Hall–Kier alpha value is -1.45. The van der Waals surface area contributed by atoms with Gasteiger partial charge in [0.05, 0.1) is 0 Å². The number of carbonyl (C=O) groups is 1. The van der Waals surface area contributed by atoms with E-state index in [9.17, 15) is 9.90 Å². The fraction of sp³-hybridized carbons (Fsp3) is 0.839. The molecule has 4 heteroatoms. The summed E-state index contributed by atoms with van der Waals surface area (Å²) < 4.78 is 10.8. The third kappa shape index (κ3) is 16.0. The van der Waals surface area contributed by atoms with Gasteiger partial charge >= 0.3 is 5.97 Å². The Kier molecular flexibility index (Phi) is 19.7. The molecule has 0 atom stereocenters. The van der Waals surface area contributed by atoms with Gasteiger partial charge in [-0.3, -0.25) is 4.79 Å². The maximum atomic E-state index is 12.1. The van der Waals surface area contributed by atoms with Crippen molar-refractivity contribution in [3.05, 3.63) is 11.5 Å². The molecule has 0 bridgehead atoms. The second kappa shape index (κ2) is 21.8. The molecule has 1 N–H and O–H groups in total. The molecule has 1 aromatic heterocycles. The fourth-order valence-corrected chi connectivity index (χ4v) is 4.78. The summed E-state index contributed by atoms with van der Waals surface area (Å²) in [6.45, 7) is 5.87. The molecule has 1 rings (SSSR count). The number of aromatic hydroxyl groups is 1. The summed E-state index contributed by atoms with van der Waals surface area (Å²) in [5.41, 5.74) is 0. The Morgan fingerprint density at radius 3 is 1.40 bits per heavy atom. The van der Waals surface area contributed by atoms with Gasteiger partial charge in [0.25, 0.3) is 0 Å². The van der Waals surface area contributed by atoms with Gasteiger partial charge in [-0.25, -0.2) is 0 Å². The predicted molar refractivity (Wildman–Crippen MR) is 147 cm³/mol. The molecule has 0 spiro atoms. The minimum atomic E-state index is -0.284. The number of carbonyl (C=O) groups excluding carboxylic acids is 1. The van der Waals surface area contributed by atoms with E-state index in [2.05, 4.69) is 6.92 Å². The van der Waals surface area contributed by atoms with Gasteiger partial charge < -0.3 is 14.3 Å². The van der Waals surface area contributed by atoms with Gasteiger partial charge in [0.15, 0.2) is 5.76 Å². The molecule has 35 heavy (non-hydrogen) atoms. The molecule has 0 aliphatic carbocycles. The Bertz CT molecular complexity index is 634. The van der Waals surface area contributed by atoms with E-state index in [1.54, 1.807) is 6.92 Å². The average molecular weight is 493 g/mol. The number of rotatable bonds is 24. The maximum Gasteiger partial charge on any atom is 0.311 e. The van der Waals surface area contributed by atoms with Crippen LogP contribution in [0.4, 0.5) is 0 Å². The Labute approximate surface area is 216 Å². The number of aryl methyl sites for hydroxylation is 2. The van der Waals surface area contributed by atoms with E-state index in [1.165, 1.54) is 122 Å². The summed E-state index contributed by atoms with van der Waals surface area (Å²) in [5, 5.41) is 9.97. The van der Waals surface area contributed by atoms with Crippen LogP contribution in [0.3, 0.4) is 0 Å². The van der Waals surface area contributed by atoms with Crippen LogP contribution in [0.1, 0.15) is 167 Å². The molecule has 0 unspecified atom stereocenters. The van der Waals surface area contributed by atoms with Gasteiger partial charge in [0.2, 0.25) is 11.5 Å². The second-order valence-corrected chi connectivity index (χ2v) is 10.4. The first-order valence-electron chi connectivity index (χ1n) is 15.1. The van der Waals surface area contributed by atoms with E-state index in [0.29, 0.717) is 24.4 Å². The SMILES string of the molecule is CCCCCCCCCCCCCCCCCCCCCCCC(=O)Oc1c(CC)oc(C)c1O. The molecular weight excluding hydrogens is 436 g/mol. The number of unbranched alkanes of at least 4 members (excludes halogenated alkanes) is 20. The van der Waals surface area contributed by atoms with E-state index in [0.717, 1.165) is 12.8 Å². The van der Waals surface area contributed by atoms with E-state index in [4.69, 9.17) is 9.15 Å². The minimum absolute atomic E-state index is 0.0472. The summed E-state index contributed by atoms with van der Waals surface area (Å²) in [7, 11) is 0. The molecule has 1 aromatic rings. The fourth-order valence-electron chi connectivity index (χ4n) is 4.78. The lowest BCUT2D eigenvalue weighted by molar-refractivity contribution is -0.134. The third-order valence-corrected chi connectivity index (χ3v) is 7.10. The third-order valence-electron chi connectivity index (χ3n) is 7.10. The lowest BCUT2D eigenvalue weighted by Crippen LogP contribution is -2.08. The smallest absolute Gasteiger partial charge is 0.311 e. The zero-order valence-electron chi connectivity index (χ0n) is 23.4. The standard InChI is InChI=1S/C31H56O4/c1-4-6-7-8-9-10-11-12-13-14-15-16-17-18-19-20-21-22-23-24-25-26-29(32)35-31-28(5-2)34-27(3)30(31)33/h33H,4-26H2,1-3H3. The lowest BCUT2D eigenvalue weighted by atomic mass is 10.0. The van der Waals surface area contributed by atoms with Crippen molar-refractivity contribution in [1.29, 1.82) is 0 Å². The molecule has 204 valence electrons. The summed E-state index contributed by atoms with van der Waals surface area (Å²) in [6, 6.07) is 0. The largest absolute Gasteiger partial charge is 0.502 e. The molecule has 0 aliphatic rings. The van der Waals surface area contributed by atoms with Crippen LogP contribution >= 0.6 is 0 Å². The number of furan rings is 1. The topological polar surface area (TPSA) is 59.7 Å². The Morgan fingerprint density at radius 2 is 1.03 bits per heavy atom. The molecule has 0 radical (unpaired) electrons. The molecule has 1 heterocycles. The highest BCUT2D eigenvalue weighted by molar-refractivity contribution is 5.73. The van der Waals surface area contributed by atoms with Gasteiger partial charge in [0.1, 0.15) is 5.76 Å². The normalized spacial score (nSPS) is 11.3. The molecular formula is C31H56O4. The summed E-state index contributed by atoms with van der Waals surface area (Å²) in [5.74, 6) is 0.812. The van der Waals surface area contributed by atoms with Gasteiger partial charge in [0, 0.05) is 12.8 Å². The first-order valence-corrected chi connectivity index (χ1v) is 15.1. The Balaban J connectivity index is 1.81. The zero-order valence-corrected chi connectivity index (χ0v) is 23.4. The summed E-state index contributed by atoms with van der Waals surface area (Å²) >= 11 is 0. The predicted octanol–water partition coefficient (Wildman–Crippen LogP) is 10.4. The van der Waals surface area contributed by atoms with E-state index >= 15 is 0 Å². The number of hydrogen-bond donors (Lipinski definition) is 1. The van der Waals surface area contributed by atoms with Crippen LogP contribution in [0.25, 0.3) is 0 Å². The van der Waals surface area contributed by atoms with Gasteiger partial charge in [-0.15, -0.1) is 0 Å². The second-order valence-electron chi connectivity index (χ2n) is 10.4. The number of ether oxygens (including phenoxy) is 1. The molecule has 4 nitrogen and oxygen atoms in total. The summed E-state index contributed by atoms with van der Waals surface area (Å²) in [4.78, 5) is 12.1. The summed E-state index contributed by atoms with van der Waals surface area (Å²) in [6.07, 6.45) is 29.3. The number of esters is 1. The van der Waals surface area contributed by atoms with Crippen molar-refractivity contribution in [3.8, 4) is 11.5 Å². The molecule has 0 aliphatic heterocycles. The lowest BCUT2D eigenvalue weighted by Gasteiger charge is -2.05. The molecule has 0 amide bonds. The molecule has 0 aromatic carbocycles. The molecule has 0 saturated carbocycles. The first-order chi connectivity index (χ1) is 17.1. The monoisotopic (exact) mass is 492 g/mol. The van der Waals surface area contributed by atoms with Crippen molar-refractivity contribution in [2.24, 2.45) is 0 Å². The van der Waals surface area contributed by atoms with Crippen molar-refractivity contribution < 1.29 is 19.1 Å². The Morgan fingerprint density at radius 1 is 0.657 bits per heavy atom.